The first-order valence-corrected chi connectivity index (χ1v) is 13.8. The Balaban J connectivity index is 0.000000348. The molecule has 264 valence electrons. The van der Waals surface area contributed by atoms with Gasteiger partial charge in [-0.2, -0.15) is 21.0 Å². The van der Waals surface area contributed by atoms with Crippen LogP contribution in [0.2, 0.25) is 0 Å². The van der Waals surface area contributed by atoms with Crippen LogP contribution in [0, 0.1) is 120 Å². The summed E-state index contributed by atoms with van der Waals surface area (Å²) >= 11 is 0. The lowest BCUT2D eigenvalue weighted by Gasteiger charge is -2.04. The number of halogens is 8. The Kier molecular flexibility index (Phi) is 15.9. The van der Waals surface area contributed by atoms with Gasteiger partial charge in [0.25, 0.3) is 0 Å². The zero-order valence-corrected chi connectivity index (χ0v) is 27.1. The highest BCUT2D eigenvalue weighted by atomic mass is 19.2. The predicted octanol–water partition coefficient (Wildman–Crippen LogP) is 7.83. The van der Waals surface area contributed by atoms with Crippen molar-refractivity contribution in [3.63, 3.8) is 0 Å². The Morgan fingerprint density at radius 1 is 0.404 bits per heavy atom. The second-order valence-corrected chi connectivity index (χ2v) is 10.0. The molecular formula is C36H20F8N4O4. The third kappa shape index (κ3) is 9.56. The number of carbonyl (C=O) groups is 4. The molecule has 4 aromatic carbocycles. The highest BCUT2D eigenvalue weighted by molar-refractivity contribution is 5.86. The summed E-state index contributed by atoms with van der Waals surface area (Å²) in [6, 6.07) is 13.7. The zero-order valence-electron chi connectivity index (χ0n) is 27.1. The molecule has 0 fully saturated rings. The van der Waals surface area contributed by atoms with E-state index in [2.05, 4.69) is 12.1 Å². The molecular weight excluding hydrogens is 704 g/mol. The van der Waals surface area contributed by atoms with Gasteiger partial charge in [-0.15, -0.1) is 0 Å². The standard InChI is InChI=1S/C10H4N2O2.C10H8N2.C8H2F4O2.C8H6F4/c11-3-7-1-9(5-13)8(4-12)2-10(7)6-14;1-7-3-10(6-12)8(2)4-9(7)5-11;9-5-3(1-13)6(10)8(12)4(2-14)7(5)11;1-3-5(9)7(11)4(2)8(12)6(3)10/h1-2,5-6H;3-4H,1-2H3;1-2H;1-2H3. The van der Waals surface area contributed by atoms with Crippen LogP contribution in [0.25, 0.3) is 0 Å². The van der Waals surface area contributed by atoms with Crippen molar-refractivity contribution in [3.8, 4) is 24.3 Å². The Labute approximate surface area is 290 Å². The van der Waals surface area contributed by atoms with E-state index >= 15 is 0 Å². The summed E-state index contributed by atoms with van der Waals surface area (Å²) in [7, 11) is 0. The van der Waals surface area contributed by atoms with Crippen LogP contribution in [-0.2, 0) is 0 Å². The zero-order chi connectivity index (χ0) is 40.0. The minimum atomic E-state index is -1.87. The van der Waals surface area contributed by atoms with Gasteiger partial charge in [-0.05, 0) is 63.1 Å². The lowest BCUT2D eigenvalue weighted by Crippen LogP contribution is -2.07. The topological polar surface area (TPSA) is 163 Å². The largest absolute Gasteiger partial charge is 0.298 e. The molecule has 0 aliphatic rings. The van der Waals surface area contributed by atoms with E-state index in [1.807, 2.05) is 13.8 Å². The predicted molar refractivity (Wildman–Crippen MR) is 165 cm³/mol. The summed E-state index contributed by atoms with van der Waals surface area (Å²) < 4.78 is 101. The number of nitrogens with zero attached hydrogens (tertiary/aromatic N) is 4. The molecule has 0 aliphatic heterocycles. The number of rotatable bonds is 4. The number of aldehydes is 4. The van der Waals surface area contributed by atoms with Crippen LogP contribution in [0.15, 0.2) is 24.3 Å². The van der Waals surface area contributed by atoms with Gasteiger partial charge in [0.1, 0.15) is 0 Å². The van der Waals surface area contributed by atoms with Gasteiger partial charge in [-0.1, -0.05) is 0 Å². The maximum Gasteiger partial charge on any atom is 0.173 e. The van der Waals surface area contributed by atoms with Crippen LogP contribution in [0.4, 0.5) is 35.1 Å². The molecule has 16 heteroatoms. The SMILES string of the molecule is Cc1c(F)c(F)c(C)c(F)c1F.Cc1cc(C#N)c(C)cc1C#N.N#Cc1cc(C=O)c(C#N)cc1C=O.O=Cc1c(F)c(F)c(C=O)c(F)c1F. The number of hydrogen-bond donors (Lipinski definition) is 0. The van der Waals surface area contributed by atoms with E-state index in [4.69, 9.17) is 21.0 Å². The molecule has 0 amide bonds. The maximum atomic E-state index is 12.7. The summed E-state index contributed by atoms with van der Waals surface area (Å²) in [5.74, 6) is -12.8. The lowest BCUT2D eigenvalue weighted by atomic mass is 10.0. The Hall–Kier alpha value is -7.04. The fraction of sp³-hybridized carbons (Fsp3) is 0.111. The first kappa shape index (κ1) is 43.0. The second kappa shape index (κ2) is 19.2. The minimum absolute atomic E-state index is 0.0982. The van der Waals surface area contributed by atoms with E-state index in [-0.39, 0.29) is 34.8 Å². The van der Waals surface area contributed by atoms with Crippen molar-refractivity contribution in [3.05, 3.63) is 138 Å². The molecule has 52 heavy (non-hydrogen) atoms. The average molecular weight is 725 g/mol. The quantitative estimate of drug-likeness (QED) is 0.117. The van der Waals surface area contributed by atoms with E-state index < -0.39 is 68.8 Å². The van der Waals surface area contributed by atoms with E-state index in [0.29, 0.717) is 23.7 Å². The molecule has 4 aromatic rings. The van der Waals surface area contributed by atoms with E-state index in [1.165, 1.54) is 12.1 Å². The van der Waals surface area contributed by atoms with Crippen LogP contribution < -0.4 is 0 Å². The normalized spacial score (nSPS) is 9.38. The van der Waals surface area contributed by atoms with Crippen LogP contribution >= 0.6 is 0 Å². The lowest BCUT2D eigenvalue weighted by molar-refractivity contribution is 0.109. The molecule has 0 heterocycles. The maximum absolute atomic E-state index is 12.7. The van der Waals surface area contributed by atoms with Gasteiger partial charge in [-0.3, -0.25) is 19.2 Å². The van der Waals surface area contributed by atoms with Gasteiger partial charge in [0.2, 0.25) is 0 Å². The molecule has 0 saturated carbocycles. The van der Waals surface area contributed by atoms with Crippen LogP contribution in [0.1, 0.15) is 85.9 Å². The molecule has 0 saturated heterocycles. The van der Waals surface area contributed by atoms with Crippen LogP contribution in [0.5, 0.6) is 0 Å². The van der Waals surface area contributed by atoms with Gasteiger partial charge in [0.15, 0.2) is 71.7 Å². The summed E-state index contributed by atoms with van der Waals surface area (Å²) in [4.78, 5) is 41.1. The third-order valence-electron chi connectivity index (χ3n) is 6.80. The fourth-order valence-corrected chi connectivity index (χ4v) is 3.80. The molecule has 0 bridgehead atoms. The van der Waals surface area contributed by atoms with Crippen molar-refractivity contribution >= 4 is 25.1 Å². The van der Waals surface area contributed by atoms with Gasteiger partial charge < -0.3 is 0 Å². The summed E-state index contributed by atoms with van der Waals surface area (Å²) in [5.41, 5.74) is -0.550. The summed E-state index contributed by atoms with van der Waals surface area (Å²) in [6.45, 7) is 5.63. The van der Waals surface area contributed by atoms with Gasteiger partial charge >= 0.3 is 0 Å². The Morgan fingerprint density at radius 2 is 0.654 bits per heavy atom. The fourth-order valence-electron chi connectivity index (χ4n) is 3.80. The van der Waals surface area contributed by atoms with Gasteiger partial charge in [-0.25, -0.2) is 35.1 Å². The Bertz CT molecular complexity index is 2010. The first-order chi connectivity index (χ1) is 24.5. The summed E-state index contributed by atoms with van der Waals surface area (Å²) in [5, 5.41) is 34.6. The second-order valence-electron chi connectivity index (χ2n) is 10.0. The number of benzene rings is 4. The van der Waals surface area contributed by atoms with Gasteiger partial charge in [0, 0.05) is 22.3 Å². The highest BCUT2D eigenvalue weighted by Crippen LogP contribution is 2.23. The molecule has 0 aromatic heterocycles. The number of nitriles is 4. The minimum Gasteiger partial charge on any atom is -0.298 e. The molecule has 8 nitrogen and oxygen atoms in total. The van der Waals surface area contributed by atoms with Crippen molar-refractivity contribution in [2.75, 3.05) is 0 Å². The molecule has 0 atom stereocenters. The average Bonchev–Trinajstić information content (AvgIpc) is 3.16. The van der Waals surface area contributed by atoms with Crippen molar-refractivity contribution in [2.24, 2.45) is 0 Å². The van der Waals surface area contributed by atoms with Crippen molar-refractivity contribution in [1.29, 1.82) is 21.0 Å². The van der Waals surface area contributed by atoms with Crippen molar-refractivity contribution in [2.45, 2.75) is 27.7 Å². The van der Waals surface area contributed by atoms with Crippen LogP contribution in [-0.4, -0.2) is 25.1 Å². The number of hydrogen-bond acceptors (Lipinski definition) is 8. The Morgan fingerprint density at radius 3 is 0.846 bits per heavy atom. The highest BCUT2D eigenvalue weighted by Gasteiger charge is 2.24. The molecule has 0 unspecified atom stereocenters. The molecule has 0 aliphatic carbocycles. The van der Waals surface area contributed by atoms with Crippen molar-refractivity contribution < 1.29 is 54.3 Å². The van der Waals surface area contributed by atoms with E-state index in [1.54, 1.807) is 24.3 Å². The molecule has 0 N–H and O–H groups in total. The van der Waals surface area contributed by atoms with Crippen molar-refractivity contribution in [1.82, 2.24) is 0 Å². The molecule has 0 spiro atoms. The molecule has 4 rings (SSSR count). The number of carbonyl (C=O) groups excluding carboxylic acids is 4. The summed E-state index contributed by atoms with van der Waals surface area (Å²) in [6.07, 6.45) is 0.221. The molecule has 0 radical (unpaired) electrons. The van der Waals surface area contributed by atoms with E-state index in [9.17, 15) is 54.3 Å². The van der Waals surface area contributed by atoms with Gasteiger partial charge in [0.05, 0.1) is 57.7 Å². The monoisotopic (exact) mass is 724 g/mol. The van der Waals surface area contributed by atoms with Crippen LogP contribution in [0.3, 0.4) is 0 Å². The first-order valence-electron chi connectivity index (χ1n) is 13.8. The third-order valence-corrected chi connectivity index (χ3v) is 6.80. The number of aryl methyl sites for hydroxylation is 2. The smallest absolute Gasteiger partial charge is 0.173 e. The van der Waals surface area contributed by atoms with E-state index in [0.717, 1.165) is 25.0 Å².